The summed E-state index contributed by atoms with van der Waals surface area (Å²) in [4.78, 5) is 21.0. The lowest BCUT2D eigenvalue weighted by Crippen LogP contribution is -2.14. The van der Waals surface area contributed by atoms with Crippen molar-refractivity contribution in [3.8, 4) is 5.69 Å². The number of carbonyl (C=O) groups excluding carboxylic acids is 1. The van der Waals surface area contributed by atoms with Gasteiger partial charge in [-0.3, -0.25) is 9.36 Å². The van der Waals surface area contributed by atoms with Crippen LogP contribution in [-0.4, -0.2) is 26.2 Å². The number of hydrogen-bond acceptors (Lipinski definition) is 5. The number of carbonyl (C=O) groups is 1. The number of oxazole rings is 1. The number of nitrogens with one attached hydrogen (secondary N) is 1. The van der Waals surface area contributed by atoms with Gasteiger partial charge in [0, 0.05) is 25.0 Å². The molecule has 0 aliphatic heterocycles. The molecular formula is C20H18N4O2S. The summed E-state index contributed by atoms with van der Waals surface area (Å²) in [7, 11) is 0. The predicted octanol–water partition coefficient (Wildman–Crippen LogP) is 4.36. The molecule has 2 aromatic carbocycles. The Balaban J connectivity index is 1.44. The molecule has 2 heterocycles. The van der Waals surface area contributed by atoms with Crippen LogP contribution >= 0.6 is 11.8 Å². The highest BCUT2D eigenvalue weighted by molar-refractivity contribution is 7.99. The summed E-state index contributed by atoms with van der Waals surface area (Å²) >= 11 is 1.40. The summed E-state index contributed by atoms with van der Waals surface area (Å²) in [6.45, 7) is 3.85. The zero-order valence-corrected chi connectivity index (χ0v) is 15.8. The molecule has 0 aliphatic carbocycles. The fourth-order valence-electron chi connectivity index (χ4n) is 2.86. The summed E-state index contributed by atoms with van der Waals surface area (Å²) in [5, 5.41) is 3.68. The SMILES string of the molecule is Cc1nc2cc(NC(=O)CSc3nccn3-c3ccccc3C)ccc2o1. The molecule has 0 spiro atoms. The van der Waals surface area contributed by atoms with E-state index in [2.05, 4.69) is 28.3 Å². The van der Waals surface area contributed by atoms with Gasteiger partial charge in [0.25, 0.3) is 0 Å². The van der Waals surface area contributed by atoms with Crippen LogP contribution in [0.25, 0.3) is 16.8 Å². The second-order valence-corrected chi connectivity index (χ2v) is 7.06. The topological polar surface area (TPSA) is 73.0 Å². The minimum Gasteiger partial charge on any atom is -0.441 e. The normalized spacial score (nSPS) is 11.0. The van der Waals surface area contributed by atoms with Crippen LogP contribution < -0.4 is 5.32 Å². The maximum Gasteiger partial charge on any atom is 0.234 e. The van der Waals surface area contributed by atoms with Gasteiger partial charge in [0.1, 0.15) is 5.52 Å². The van der Waals surface area contributed by atoms with Crippen LogP contribution in [0.3, 0.4) is 0 Å². The van der Waals surface area contributed by atoms with Crippen molar-refractivity contribution in [2.75, 3.05) is 11.1 Å². The van der Waals surface area contributed by atoms with Crippen molar-refractivity contribution < 1.29 is 9.21 Å². The number of imidazole rings is 1. The molecule has 0 unspecified atom stereocenters. The molecule has 136 valence electrons. The van der Waals surface area contributed by atoms with Crippen LogP contribution in [-0.2, 0) is 4.79 Å². The summed E-state index contributed by atoms with van der Waals surface area (Å²) in [5.74, 6) is 0.768. The highest BCUT2D eigenvalue weighted by Gasteiger charge is 2.11. The number of nitrogens with zero attached hydrogens (tertiary/aromatic N) is 3. The summed E-state index contributed by atoms with van der Waals surface area (Å²) < 4.78 is 7.45. The first kappa shape index (κ1) is 17.4. The number of anilines is 1. The highest BCUT2D eigenvalue weighted by atomic mass is 32.2. The van der Waals surface area contributed by atoms with E-state index >= 15 is 0 Å². The van der Waals surface area contributed by atoms with E-state index in [1.54, 1.807) is 13.1 Å². The van der Waals surface area contributed by atoms with Crippen LogP contribution in [0.4, 0.5) is 5.69 Å². The second kappa shape index (κ2) is 7.28. The third kappa shape index (κ3) is 3.73. The molecule has 0 fully saturated rings. The molecule has 0 aliphatic rings. The maximum absolute atomic E-state index is 12.4. The van der Waals surface area contributed by atoms with Gasteiger partial charge < -0.3 is 9.73 Å². The minimum absolute atomic E-state index is 0.0982. The van der Waals surface area contributed by atoms with Crippen molar-refractivity contribution in [1.29, 1.82) is 0 Å². The molecule has 2 aromatic heterocycles. The Hall–Kier alpha value is -3.06. The van der Waals surface area contributed by atoms with Gasteiger partial charge in [0.2, 0.25) is 5.91 Å². The third-order valence-electron chi connectivity index (χ3n) is 4.09. The van der Waals surface area contributed by atoms with Crippen molar-refractivity contribution in [2.24, 2.45) is 0 Å². The number of thioether (sulfide) groups is 1. The molecular weight excluding hydrogens is 360 g/mol. The Bertz CT molecular complexity index is 1120. The number of aromatic nitrogens is 3. The average Bonchev–Trinajstić information content (AvgIpc) is 3.25. The van der Waals surface area contributed by atoms with E-state index < -0.39 is 0 Å². The molecule has 4 aromatic rings. The Morgan fingerprint density at radius 3 is 2.93 bits per heavy atom. The fraction of sp³-hybridized carbons (Fsp3) is 0.150. The molecule has 27 heavy (non-hydrogen) atoms. The number of amides is 1. The van der Waals surface area contributed by atoms with Crippen LogP contribution in [0.15, 0.2) is 64.4 Å². The summed E-state index contributed by atoms with van der Waals surface area (Å²) in [5.41, 5.74) is 4.35. The molecule has 0 radical (unpaired) electrons. The molecule has 4 rings (SSSR count). The van der Waals surface area contributed by atoms with E-state index in [4.69, 9.17) is 4.42 Å². The predicted molar refractivity (Wildman–Crippen MR) is 106 cm³/mol. The standard InChI is InChI=1S/C20H18N4O2S/c1-13-5-3-4-6-17(13)24-10-9-21-20(24)27-12-19(25)23-15-7-8-18-16(11-15)22-14(2)26-18/h3-11H,12H2,1-2H3,(H,23,25). The van der Waals surface area contributed by atoms with Gasteiger partial charge in [0.15, 0.2) is 16.6 Å². The van der Waals surface area contributed by atoms with Crippen molar-refractivity contribution in [3.63, 3.8) is 0 Å². The Morgan fingerprint density at radius 1 is 1.22 bits per heavy atom. The fourth-order valence-corrected chi connectivity index (χ4v) is 3.63. The first-order valence-corrected chi connectivity index (χ1v) is 9.48. The van der Waals surface area contributed by atoms with Crippen molar-refractivity contribution in [2.45, 2.75) is 19.0 Å². The molecule has 1 amide bonds. The minimum atomic E-state index is -0.0982. The molecule has 1 N–H and O–H groups in total. The van der Waals surface area contributed by atoms with E-state index in [0.29, 0.717) is 17.2 Å². The second-order valence-electron chi connectivity index (χ2n) is 6.12. The molecule has 0 atom stereocenters. The lowest BCUT2D eigenvalue weighted by atomic mass is 10.2. The van der Waals surface area contributed by atoms with E-state index in [9.17, 15) is 4.79 Å². The molecule has 6 nitrogen and oxygen atoms in total. The Kier molecular flexibility index (Phi) is 4.68. The number of rotatable bonds is 5. The van der Waals surface area contributed by atoms with E-state index in [0.717, 1.165) is 21.9 Å². The van der Waals surface area contributed by atoms with Gasteiger partial charge in [-0.25, -0.2) is 9.97 Å². The molecule has 7 heteroatoms. The van der Waals surface area contributed by atoms with Gasteiger partial charge >= 0.3 is 0 Å². The lowest BCUT2D eigenvalue weighted by molar-refractivity contribution is -0.113. The first-order chi connectivity index (χ1) is 13.1. The van der Waals surface area contributed by atoms with Gasteiger partial charge in [-0.15, -0.1) is 0 Å². The largest absolute Gasteiger partial charge is 0.441 e. The number of benzene rings is 2. The lowest BCUT2D eigenvalue weighted by Gasteiger charge is -2.10. The number of hydrogen-bond donors (Lipinski definition) is 1. The van der Waals surface area contributed by atoms with E-state index in [-0.39, 0.29) is 11.7 Å². The smallest absolute Gasteiger partial charge is 0.234 e. The highest BCUT2D eigenvalue weighted by Crippen LogP contribution is 2.23. The van der Waals surface area contributed by atoms with Crippen LogP contribution in [0.2, 0.25) is 0 Å². The number of aryl methyl sites for hydroxylation is 2. The van der Waals surface area contributed by atoms with E-state index in [1.807, 2.05) is 47.2 Å². The van der Waals surface area contributed by atoms with Gasteiger partial charge in [-0.2, -0.15) is 0 Å². The molecule has 0 saturated heterocycles. The zero-order chi connectivity index (χ0) is 18.8. The monoisotopic (exact) mass is 378 g/mol. The van der Waals surface area contributed by atoms with Crippen molar-refractivity contribution >= 4 is 34.5 Å². The molecule has 0 saturated carbocycles. The van der Waals surface area contributed by atoms with Gasteiger partial charge in [-0.1, -0.05) is 30.0 Å². The maximum atomic E-state index is 12.4. The Morgan fingerprint density at radius 2 is 2.07 bits per heavy atom. The number of fused-ring (bicyclic) bond motifs is 1. The van der Waals surface area contributed by atoms with Crippen molar-refractivity contribution in [3.05, 3.63) is 66.3 Å². The average molecular weight is 378 g/mol. The Labute approximate surface area is 160 Å². The van der Waals surface area contributed by atoms with E-state index in [1.165, 1.54) is 11.8 Å². The summed E-state index contributed by atoms with van der Waals surface area (Å²) in [6, 6.07) is 13.5. The molecule has 0 bridgehead atoms. The van der Waals surface area contributed by atoms with Crippen molar-refractivity contribution in [1.82, 2.24) is 14.5 Å². The third-order valence-corrected chi connectivity index (χ3v) is 5.06. The zero-order valence-electron chi connectivity index (χ0n) is 15.0. The summed E-state index contributed by atoms with van der Waals surface area (Å²) in [6.07, 6.45) is 3.65. The van der Waals surface area contributed by atoms with Crippen LogP contribution in [0, 0.1) is 13.8 Å². The quantitative estimate of drug-likeness (QED) is 0.522. The van der Waals surface area contributed by atoms with Gasteiger partial charge in [0.05, 0.1) is 11.4 Å². The number of para-hydroxylation sites is 1. The first-order valence-electron chi connectivity index (χ1n) is 8.49. The van der Waals surface area contributed by atoms with Crippen LogP contribution in [0.5, 0.6) is 0 Å². The van der Waals surface area contributed by atoms with Crippen LogP contribution in [0.1, 0.15) is 11.5 Å². The van der Waals surface area contributed by atoms with Gasteiger partial charge in [-0.05, 0) is 36.8 Å².